The molecule has 0 saturated carbocycles. The third-order valence-corrected chi connectivity index (χ3v) is 2.93. The van der Waals surface area contributed by atoms with Crippen LogP contribution in [0.25, 0.3) is 0 Å². The van der Waals surface area contributed by atoms with Crippen molar-refractivity contribution in [3.8, 4) is 11.5 Å². The number of hydrogen-bond donors (Lipinski definition) is 3. The molecule has 0 radical (unpaired) electrons. The molecule has 0 fully saturated rings. The summed E-state index contributed by atoms with van der Waals surface area (Å²) in [6.45, 7) is 3.80. The number of phenolic OH excluding ortho intramolecular Hbond substituents is 2. The van der Waals surface area contributed by atoms with Crippen LogP contribution in [0.15, 0.2) is 36.7 Å². The van der Waals surface area contributed by atoms with Crippen LogP contribution in [-0.4, -0.2) is 21.1 Å². The quantitative estimate of drug-likeness (QED) is 0.802. The van der Waals surface area contributed by atoms with E-state index in [1.54, 1.807) is 18.3 Å². The predicted molar refractivity (Wildman–Crippen MR) is 76.1 cm³/mol. The summed E-state index contributed by atoms with van der Waals surface area (Å²) in [6.07, 6.45) is 3.11. The molecule has 0 atom stereocenters. The molecular formula is C15H16N2O3. The molecule has 0 spiro atoms. The lowest BCUT2D eigenvalue weighted by Crippen LogP contribution is -2.12. The first-order valence-electron chi connectivity index (χ1n) is 6.26. The van der Waals surface area contributed by atoms with Gasteiger partial charge in [0.25, 0.3) is 5.91 Å². The number of hydrogen-bond acceptors (Lipinski definition) is 4. The van der Waals surface area contributed by atoms with Gasteiger partial charge in [-0.05, 0) is 29.7 Å². The second kappa shape index (κ2) is 5.61. The van der Waals surface area contributed by atoms with Crippen molar-refractivity contribution in [2.45, 2.75) is 19.8 Å². The number of nitrogens with one attached hydrogen (secondary N) is 1. The Bertz CT molecular complexity index is 625. The molecule has 0 aliphatic rings. The summed E-state index contributed by atoms with van der Waals surface area (Å²) in [6, 6.07) is 6.09. The Kier molecular flexibility index (Phi) is 3.89. The maximum atomic E-state index is 12.1. The van der Waals surface area contributed by atoms with E-state index in [1.165, 1.54) is 18.3 Å². The van der Waals surface area contributed by atoms with Crippen molar-refractivity contribution in [2.75, 3.05) is 5.32 Å². The van der Waals surface area contributed by atoms with E-state index >= 15 is 0 Å². The highest BCUT2D eigenvalue weighted by Crippen LogP contribution is 2.32. The second-order valence-corrected chi connectivity index (χ2v) is 4.78. The van der Waals surface area contributed by atoms with Crippen LogP contribution in [0.4, 0.5) is 5.69 Å². The molecule has 5 heteroatoms. The van der Waals surface area contributed by atoms with Crippen molar-refractivity contribution >= 4 is 11.6 Å². The fraction of sp³-hybridized carbons (Fsp3) is 0.200. The normalized spacial score (nSPS) is 10.6. The minimum Gasteiger partial charge on any atom is -0.508 e. The van der Waals surface area contributed by atoms with E-state index in [1.807, 2.05) is 13.8 Å². The summed E-state index contributed by atoms with van der Waals surface area (Å²) in [5, 5.41) is 22.2. The summed E-state index contributed by atoms with van der Waals surface area (Å²) >= 11 is 0. The molecule has 3 N–H and O–H groups in total. The highest BCUT2D eigenvalue weighted by atomic mass is 16.3. The van der Waals surface area contributed by atoms with E-state index in [0.717, 1.165) is 0 Å². The van der Waals surface area contributed by atoms with Crippen LogP contribution >= 0.6 is 0 Å². The highest BCUT2D eigenvalue weighted by molar-refractivity contribution is 6.06. The molecule has 1 heterocycles. The molecular weight excluding hydrogens is 256 g/mol. The standard InChI is InChI=1S/C15H16N2O3/c1-9(2)11-6-12(14(19)7-13(11)18)15(20)17-10-4-3-5-16-8-10/h3-9,18-19H,1-2H3,(H,17,20). The van der Waals surface area contributed by atoms with Crippen molar-refractivity contribution in [3.05, 3.63) is 47.8 Å². The molecule has 2 aromatic rings. The molecule has 1 amide bonds. The molecule has 0 saturated heterocycles. The lowest BCUT2D eigenvalue weighted by atomic mass is 9.98. The summed E-state index contributed by atoms with van der Waals surface area (Å²) in [5.74, 6) is -0.679. The Hall–Kier alpha value is -2.56. The molecule has 0 aliphatic carbocycles. The van der Waals surface area contributed by atoms with Crippen molar-refractivity contribution in [2.24, 2.45) is 0 Å². The molecule has 0 aliphatic heterocycles. The average Bonchev–Trinajstić information content (AvgIpc) is 2.39. The van der Waals surface area contributed by atoms with Gasteiger partial charge in [-0.2, -0.15) is 0 Å². The number of carbonyl (C=O) groups is 1. The molecule has 1 aromatic carbocycles. The summed E-state index contributed by atoms with van der Waals surface area (Å²) in [4.78, 5) is 16.0. The smallest absolute Gasteiger partial charge is 0.259 e. The molecule has 20 heavy (non-hydrogen) atoms. The van der Waals surface area contributed by atoms with E-state index < -0.39 is 5.91 Å². The van der Waals surface area contributed by atoms with E-state index in [2.05, 4.69) is 10.3 Å². The van der Waals surface area contributed by atoms with Crippen LogP contribution in [0.3, 0.4) is 0 Å². The van der Waals surface area contributed by atoms with Gasteiger partial charge in [0.05, 0.1) is 17.4 Å². The van der Waals surface area contributed by atoms with Gasteiger partial charge in [-0.25, -0.2) is 0 Å². The molecule has 0 bridgehead atoms. The van der Waals surface area contributed by atoms with Crippen LogP contribution in [0.2, 0.25) is 0 Å². The number of aromatic hydroxyl groups is 2. The predicted octanol–water partition coefficient (Wildman–Crippen LogP) is 2.87. The minimum absolute atomic E-state index is 0.0181. The summed E-state index contributed by atoms with van der Waals surface area (Å²) in [5.41, 5.74) is 1.27. The number of phenols is 2. The van der Waals surface area contributed by atoms with Crippen LogP contribution in [0, 0.1) is 0 Å². The zero-order valence-corrected chi connectivity index (χ0v) is 11.3. The van der Waals surface area contributed by atoms with Crippen LogP contribution in [-0.2, 0) is 0 Å². The van der Waals surface area contributed by atoms with Crippen molar-refractivity contribution < 1.29 is 15.0 Å². The van der Waals surface area contributed by atoms with E-state index in [-0.39, 0.29) is 23.0 Å². The number of rotatable bonds is 3. The first kappa shape index (κ1) is 13.9. The van der Waals surface area contributed by atoms with Crippen molar-refractivity contribution in [3.63, 3.8) is 0 Å². The third-order valence-electron chi connectivity index (χ3n) is 2.93. The minimum atomic E-state index is -0.447. The number of anilines is 1. The summed E-state index contributed by atoms with van der Waals surface area (Å²) in [7, 11) is 0. The highest BCUT2D eigenvalue weighted by Gasteiger charge is 2.17. The monoisotopic (exact) mass is 272 g/mol. The first-order chi connectivity index (χ1) is 9.49. The molecule has 104 valence electrons. The summed E-state index contributed by atoms with van der Waals surface area (Å²) < 4.78 is 0. The molecule has 5 nitrogen and oxygen atoms in total. The largest absolute Gasteiger partial charge is 0.508 e. The van der Waals surface area contributed by atoms with Gasteiger partial charge in [-0.15, -0.1) is 0 Å². The Morgan fingerprint density at radius 3 is 2.60 bits per heavy atom. The molecule has 1 aromatic heterocycles. The van der Waals surface area contributed by atoms with Crippen molar-refractivity contribution in [1.29, 1.82) is 0 Å². The molecule has 0 unspecified atom stereocenters. The molecule has 2 rings (SSSR count). The fourth-order valence-electron chi connectivity index (χ4n) is 1.87. The van der Waals surface area contributed by atoms with Crippen LogP contribution in [0.1, 0.15) is 35.7 Å². The van der Waals surface area contributed by atoms with Gasteiger partial charge >= 0.3 is 0 Å². The van der Waals surface area contributed by atoms with Gasteiger partial charge in [0.2, 0.25) is 0 Å². The van der Waals surface area contributed by atoms with Gasteiger partial charge < -0.3 is 15.5 Å². The van der Waals surface area contributed by atoms with Crippen LogP contribution in [0.5, 0.6) is 11.5 Å². The van der Waals surface area contributed by atoms with Gasteiger partial charge in [0, 0.05) is 12.3 Å². The van der Waals surface area contributed by atoms with Crippen molar-refractivity contribution in [1.82, 2.24) is 4.98 Å². The lowest BCUT2D eigenvalue weighted by Gasteiger charge is -2.12. The fourth-order valence-corrected chi connectivity index (χ4v) is 1.87. The van der Waals surface area contributed by atoms with E-state index in [9.17, 15) is 15.0 Å². The SMILES string of the molecule is CC(C)c1cc(C(=O)Nc2cccnc2)c(O)cc1O. The Morgan fingerprint density at radius 2 is 2.00 bits per heavy atom. The Morgan fingerprint density at radius 1 is 1.25 bits per heavy atom. The van der Waals surface area contributed by atoms with Crippen LogP contribution < -0.4 is 5.32 Å². The lowest BCUT2D eigenvalue weighted by molar-refractivity contribution is 0.102. The van der Waals surface area contributed by atoms with Gasteiger partial charge in [-0.3, -0.25) is 9.78 Å². The number of pyridine rings is 1. The second-order valence-electron chi connectivity index (χ2n) is 4.78. The maximum absolute atomic E-state index is 12.1. The number of benzene rings is 1. The first-order valence-corrected chi connectivity index (χ1v) is 6.26. The van der Waals surface area contributed by atoms with Gasteiger partial charge in [0.15, 0.2) is 0 Å². The zero-order chi connectivity index (χ0) is 14.7. The van der Waals surface area contributed by atoms with E-state index in [0.29, 0.717) is 11.3 Å². The average molecular weight is 272 g/mol. The number of aromatic nitrogens is 1. The number of nitrogens with zero attached hydrogens (tertiary/aromatic N) is 1. The maximum Gasteiger partial charge on any atom is 0.259 e. The van der Waals surface area contributed by atoms with Gasteiger partial charge in [-0.1, -0.05) is 13.8 Å². The van der Waals surface area contributed by atoms with E-state index in [4.69, 9.17) is 0 Å². The Labute approximate surface area is 116 Å². The Balaban J connectivity index is 2.32. The number of carbonyl (C=O) groups excluding carboxylic acids is 1. The number of amides is 1. The third kappa shape index (κ3) is 2.88. The van der Waals surface area contributed by atoms with Gasteiger partial charge in [0.1, 0.15) is 11.5 Å². The zero-order valence-electron chi connectivity index (χ0n) is 11.3. The topological polar surface area (TPSA) is 82.5 Å².